The van der Waals surface area contributed by atoms with Crippen molar-refractivity contribution in [3.63, 3.8) is 0 Å². The smallest absolute Gasteiger partial charge is 0.255 e. The molecule has 3 aromatic rings. The highest BCUT2D eigenvalue weighted by atomic mass is 32.2. The van der Waals surface area contributed by atoms with Gasteiger partial charge in [-0.15, -0.1) is 23.1 Å². The van der Waals surface area contributed by atoms with Gasteiger partial charge in [0.2, 0.25) is 5.89 Å². The molecule has 7 heteroatoms. The number of thiophene rings is 1. The van der Waals surface area contributed by atoms with Crippen LogP contribution in [0.15, 0.2) is 45.1 Å². The van der Waals surface area contributed by atoms with Crippen molar-refractivity contribution >= 4 is 29.0 Å². The Labute approximate surface area is 155 Å². The summed E-state index contributed by atoms with van der Waals surface area (Å²) in [5.74, 6) is 1.76. The lowest BCUT2D eigenvalue weighted by Crippen LogP contribution is -2.26. The van der Waals surface area contributed by atoms with Gasteiger partial charge in [-0.25, -0.2) is 0 Å². The molecule has 2 heterocycles. The first kappa shape index (κ1) is 17.7. The summed E-state index contributed by atoms with van der Waals surface area (Å²) in [4.78, 5) is 21.0. The van der Waals surface area contributed by atoms with Gasteiger partial charge in [0.15, 0.2) is 5.82 Å². The standard InChI is InChI=1S/C18H19N3O2S2/c1-12-8-9-24-16(12)10-21(3)18(22)14-6-4-5-7-15(14)25-11-17-19-13(2)23-20-17/h4-9H,10-11H2,1-3H3. The molecule has 0 N–H and O–H groups in total. The number of amides is 1. The lowest BCUT2D eigenvalue weighted by Gasteiger charge is -2.18. The highest BCUT2D eigenvalue weighted by molar-refractivity contribution is 7.98. The Balaban J connectivity index is 1.72. The zero-order chi connectivity index (χ0) is 17.8. The van der Waals surface area contributed by atoms with Crippen molar-refractivity contribution in [2.45, 2.75) is 31.0 Å². The molecule has 0 radical (unpaired) electrons. The van der Waals surface area contributed by atoms with E-state index in [2.05, 4.69) is 28.5 Å². The van der Waals surface area contributed by atoms with E-state index in [1.807, 2.05) is 31.3 Å². The minimum absolute atomic E-state index is 0.0141. The van der Waals surface area contributed by atoms with Crippen LogP contribution in [0.3, 0.4) is 0 Å². The number of thioether (sulfide) groups is 1. The van der Waals surface area contributed by atoms with Crippen molar-refractivity contribution in [3.8, 4) is 0 Å². The monoisotopic (exact) mass is 373 g/mol. The number of aromatic nitrogens is 2. The minimum Gasteiger partial charge on any atom is -0.340 e. The third-order valence-corrected chi connectivity index (χ3v) is 5.82. The van der Waals surface area contributed by atoms with Gasteiger partial charge in [0, 0.05) is 23.7 Å². The zero-order valence-corrected chi connectivity index (χ0v) is 16.0. The number of benzene rings is 1. The third-order valence-electron chi connectivity index (χ3n) is 3.74. The molecule has 0 aliphatic carbocycles. The van der Waals surface area contributed by atoms with Crippen LogP contribution in [0.1, 0.15) is 32.5 Å². The fraction of sp³-hybridized carbons (Fsp3) is 0.278. The molecule has 3 rings (SSSR count). The second-order valence-electron chi connectivity index (χ2n) is 5.70. The highest BCUT2D eigenvalue weighted by Gasteiger charge is 2.17. The number of rotatable bonds is 6. The minimum atomic E-state index is 0.0141. The van der Waals surface area contributed by atoms with Crippen molar-refractivity contribution in [1.82, 2.24) is 15.0 Å². The Bertz CT molecular complexity index is 873. The first-order chi connectivity index (χ1) is 12.0. The maximum absolute atomic E-state index is 12.9. The molecular weight excluding hydrogens is 354 g/mol. The first-order valence-corrected chi connectivity index (χ1v) is 9.70. The maximum Gasteiger partial charge on any atom is 0.255 e. The summed E-state index contributed by atoms with van der Waals surface area (Å²) in [6.45, 7) is 4.45. The number of nitrogens with zero attached hydrogens (tertiary/aromatic N) is 3. The van der Waals surface area contributed by atoms with Crippen LogP contribution in [-0.4, -0.2) is 28.0 Å². The summed E-state index contributed by atoms with van der Waals surface area (Å²) in [7, 11) is 1.84. The molecule has 0 atom stereocenters. The molecule has 0 fully saturated rings. The Hall–Kier alpha value is -2.12. The summed E-state index contributed by atoms with van der Waals surface area (Å²) in [6, 6.07) is 9.72. The van der Waals surface area contributed by atoms with E-state index in [0.29, 0.717) is 29.6 Å². The number of aryl methyl sites for hydroxylation is 2. The fourth-order valence-electron chi connectivity index (χ4n) is 2.37. The second-order valence-corrected chi connectivity index (χ2v) is 7.72. The molecule has 0 aliphatic heterocycles. The summed E-state index contributed by atoms with van der Waals surface area (Å²) < 4.78 is 4.99. The van der Waals surface area contributed by atoms with E-state index in [1.165, 1.54) is 10.4 Å². The number of hydrogen-bond acceptors (Lipinski definition) is 6. The van der Waals surface area contributed by atoms with Crippen molar-refractivity contribution in [3.05, 3.63) is 63.4 Å². The van der Waals surface area contributed by atoms with Gasteiger partial charge < -0.3 is 9.42 Å². The van der Waals surface area contributed by atoms with E-state index in [-0.39, 0.29) is 5.91 Å². The van der Waals surface area contributed by atoms with Gasteiger partial charge in [-0.1, -0.05) is 17.3 Å². The van der Waals surface area contributed by atoms with Gasteiger partial charge in [-0.3, -0.25) is 4.79 Å². The second kappa shape index (κ2) is 7.84. The molecular formula is C18H19N3O2S2. The van der Waals surface area contributed by atoms with Crippen LogP contribution in [0.25, 0.3) is 0 Å². The van der Waals surface area contributed by atoms with Crippen LogP contribution in [0.4, 0.5) is 0 Å². The predicted molar refractivity (Wildman–Crippen MR) is 99.9 cm³/mol. The van der Waals surface area contributed by atoms with Gasteiger partial charge in [-0.2, -0.15) is 4.98 Å². The summed E-state index contributed by atoms with van der Waals surface area (Å²) in [5.41, 5.74) is 1.92. The molecule has 1 aromatic carbocycles. The topological polar surface area (TPSA) is 59.2 Å². The van der Waals surface area contributed by atoms with Gasteiger partial charge in [0.05, 0.1) is 17.9 Å². The summed E-state index contributed by atoms with van der Waals surface area (Å²) in [6.07, 6.45) is 0. The van der Waals surface area contributed by atoms with E-state index in [1.54, 1.807) is 34.9 Å². The molecule has 0 spiro atoms. The maximum atomic E-state index is 12.9. The Kier molecular flexibility index (Phi) is 5.55. The molecule has 0 unspecified atom stereocenters. The summed E-state index contributed by atoms with van der Waals surface area (Å²) in [5, 5.41) is 5.95. The Morgan fingerprint density at radius 1 is 1.28 bits per heavy atom. The average Bonchev–Trinajstić information content (AvgIpc) is 3.21. The normalized spacial score (nSPS) is 10.8. The van der Waals surface area contributed by atoms with Crippen LogP contribution < -0.4 is 0 Å². The molecule has 25 heavy (non-hydrogen) atoms. The van der Waals surface area contributed by atoms with Gasteiger partial charge in [0.1, 0.15) is 0 Å². The molecule has 2 aromatic heterocycles. The Morgan fingerprint density at radius 2 is 2.08 bits per heavy atom. The molecule has 0 bridgehead atoms. The average molecular weight is 374 g/mol. The van der Waals surface area contributed by atoms with Crippen molar-refractivity contribution in [1.29, 1.82) is 0 Å². The lowest BCUT2D eigenvalue weighted by molar-refractivity contribution is 0.0783. The number of hydrogen-bond donors (Lipinski definition) is 0. The molecule has 0 saturated carbocycles. The van der Waals surface area contributed by atoms with Gasteiger partial charge in [-0.05, 0) is 36.1 Å². The van der Waals surface area contributed by atoms with Crippen molar-refractivity contribution in [2.24, 2.45) is 0 Å². The van der Waals surface area contributed by atoms with E-state index in [0.717, 1.165) is 4.90 Å². The quantitative estimate of drug-likeness (QED) is 0.603. The highest BCUT2D eigenvalue weighted by Crippen LogP contribution is 2.27. The molecule has 5 nitrogen and oxygen atoms in total. The van der Waals surface area contributed by atoms with Gasteiger partial charge >= 0.3 is 0 Å². The fourth-order valence-corrected chi connectivity index (χ4v) is 4.22. The molecule has 130 valence electrons. The van der Waals surface area contributed by atoms with E-state index in [9.17, 15) is 4.79 Å². The largest absolute Gasteiger partial charge is 0.340 e. The van der Waals surface area contributed by atoms with E-state index < -0.39 is 0 Å². The van der Waals surface area contributed by atoms with Crippen LogP contribution in [0, 0.1) is 13.8 Å². The third kappa shape index (κ3) is 4.29. The van der Waals surface area contributed by atoms with Crippen LogP contribution in [0.2, 0.25) is 0 Å². The zero-order valence-electron chi connectivity index (χ0n) is 14.4. The summed E-state index contributed by atoms with van der Waals surface area (Å²) >= 11 is 3.22. The SMILES string of the molecule is Cc1nc(CSc2ccccc2C(=O)N(C)Cc2sccc2C)no1. The van der Waals surface area contributed by atoms with Crippen LogP contribution >= 0.6 is 23.1 Å². The van der Waals surface area contributed by atoms with Crippen molar-refractivity contribution < 1.29 is 9.32 Å². The van der Waals surface area contributed by atoms with Crippen LogP contribution in [0.5, 0.6) is 0 Å². The van der Waals surface area contributed by atoms with E-state index >= 15 is 0 Å². The van der Waals surface area contributed by atoms with Gasteiger partial charge in [0.25, 0.3) is 5.91 Å². The number of carbonyl (C=O) groups excluding carboxylic acids is 1. The predicted octanol–water partition coefficient (Wildman–Crippen LogP) is 4.31. The molecule has 0 saturated heterocycles. The van der Waals surface area contributed by atoms with E-state index in [4.69, 9.17) is 4.52 Å². The Morgan fingerprint density at radius 3 is 2.76 bits per heavy atom. The number of carbonyl (C=O) groups is 1. The molecule has 0 aliphatic rings. The lowest BCUT2D eigenvalue weighted by atomic mass is 10.2. The first-order valence-electron chi connectivity index (χ1n) is 7.84. The van der Waals surface area contributed by atoms with Crippen molar-refractivity contribution in [2.75, 3.05) is 7.05 Å². The molecule has 1 amide bonds. The van der Waals surface area contributed by atoms with Crippen LogP contribution in [-0.2, 0) is 12.3 Å².